The first-order valence-corrected chi connectivity index (χ1v) is 11.2. The van der Waals surface area contributed by atoms with Gasteiger partial charge in [-0.25, -0.2) is 4.98 Å². The van der Waals surface area contributed by atoms with Gasteiger partial charge in [-0.15, -0.1) is 0 Å². The molecule has 5 rings (SSSR count). The third kappa shape index (κ3) is 3.25. The van der Waals surface area contributed by atoms with E-state index in [2.05, 4.69) is 51.1 Å². The summed E-state index contributed by atoms with van der Waals surface area (Å²) in [6, 6.07) is 14.7. The summed E-state index contributed by atoms with van der Waals surface area (Å²) < 4.78 is 1.24. The number of carbonyl (C=O) groups is 1. The van der Waals surface area contributed by atoms with Gasteiger partial charge in [0.25, 0.3) is 0 Å². The van der Waals surface area contributed by atoms with Crippen LogP contribution < -0.4 is 4.90 Å². The van der Waals surface area contributed by atoms with E-state index in [-0.39, 0.29) is 18.0 Å². The van der Waals surface area contributed by atoms with E-state index in [1.165, 1.54) is 5.56 Å². The summed E-state index contributed by atoms with van der Waals surface area (Å²) in [6.07, 6.45) is 7.06. The van der Waals surface area contributed by atoms with Crippen LogP contribution in [0.25, 0.3) is 5.65 Å². The highest BCUT2D eigenvalue weighted by Gasteiger charge is 2.46. The van der Waals surface area contributed by atoms with Crippen molar-refractivity contribution in [3.05, 3.63) is 60.4 Å². The molecule has 0 saturated carbocycles. The van der Waals surface area contributed by atoms with Crippen LogP contribution in [0.1, 0.15) is 44.2 Å². The highest BCUT2D eigenvalue weighted by molar-refractivity contribution is 7.82. The van der Waals surface area contributed by atoms with E-state index in [9.17, 15) is 4.79 Å². The number of amides is 1. The number of nitrogens with zero attached hydrogens (tertiary/aromatic N) is 5. The summed E-state index contributed by atoms with van der Waals surface area (Å²) in [4.78, 5) is 22.5. The van der Waals surface area contributed by atoms with Crippen LogP contribution >= 0.6 is 12.6 Å². The van der Waals surface area contributed by atoms with Crippen molar-refractivity contribution in [3.8, 4) is 0 Å². The Bertz CT molecular complexity index is 1040. The van der Waals surface area contributed by atoms with Crippen molar-refractivity contribution in [2.75, 3.05) is 18.0 Å². The lowest BCUT2D eigenvalue weighted by Crippen LogP contribution is -2.53. The van der Waals surface area contributed by atoms with Crippen LogP contribution in [-0.2, 0) is 4.79 Å². The number of rotatable bonds is 3. The molecule has 0 unspecified atom stereocenters. The first kappa shape index (κ1) is 19.4. The standard InChI is InChI=1S/C23H27N5OS/c1-17-7-8-19(18-5-3-2-4-6-18)27(17)22(29)23(30)11-15-26(16-12-23)21-10-13-24-20-9-14-25-28(20)21/h2-6,9-10,13-14,17,19,30H,7-8,11-12,15-16H2,1H3/t17-,19+/m0/s1. The molecule has 2 aliphatic heterocycles. The zero-order valence-electron chi connectivity index (χ0n) is 17.2. The first-order valence-electron chi connectivity index (χ1n) is 10.7. The van der Waals surface area contributed by atoms with Crippen molar-refractivity contribution in [2.45, 2.75) is 49.4 Å². The molecule has 156 valence electrons. The molecule has 0 radical (unpaired) electrons. The Morgan fingerprint density at radius 2 is 1.83 bits per heavy atom. The highest BCUT2D eigenvalue weighted by atomic mass is 32.1. The number of benzene rings is 1. The fraction of sp³-hybridized carbons (Fsp3) is 0.435. The van der Waals surface area contributed by atoms with Gasteiger partial charge >= 0.3 is 0 Å². The number of fused-ring (bicyclic) bond motifs is 1. The second kappa shape index (κ2) is 7.61. The third-order valence-corrected chi connectivity index (χ3v) is 7.31. The molecule has 2 fully saturated rings. The molecule has 2 atom stereocenters. The summed E-state index contributed by atoms with van der Waals surface area (Å²) in [7, 11) is 0. The Labute approximate surface area is 182 Å². The number of aromatic nitrogens is 3. The minimum atomic E-state index is -0.627. The van der Waals surface area contributed by atoms with Crippen molar-refractivity contribution in [3.63, 3.8) is 0 Å². The van der Waals surface area contributed by atoms with E-state index in [1.54, 1.807) is 6.20 Å². The van der Waals surface area contributed by atoms with Gasteiger partial charge in [-0.3, -0.25) is 4.79 Å². The van der Waals surface area contributed by atoms with Gasteiger partial charge in [-0.2, -0.15) is 22.2 Å². The molecule has 2 aliphatic rings. The molecule has 1 aromatic carbocycles. The molecule has 0 aliphatic carbocycles. The average Bonchev–Trinajstić information content (AvgIpc) is 3.41. The molecule has 0 N–H and O–H groups in total. The molecule has 3 aromatic rings. The third-order valence-electron chi connectivity index (χ3n) is 6.67. The summed E-state index contributed by atoms with van der Waals surface area (Å²) in [5.41, 5.74) is 2.06. The molecule has 0 bridgehead atoms. The van der Waals surface area contributed by atoms with E-state index in [0.717, 1.165) is 37.4 Å². The van der Waals surface area contributed by atoms with Crippen molar-refractivity contribution in [2.24, 2.45) is 0 Å². The van der Waals surface area contributed by atoms with Crippen LogP contribution in [0.15, 0.2) is 54.9 Å². The van der Waals surface area contributed by atoms with Crippen molar-refractivity contribution in [1.29, 1.82) is 0 Å². The van der Waals surface area contributed by atoms with Gasteiger partial charge in [0.2, 0.25) is 5.91 Å². The molecular formula is C23H27N5OS. The van der Waals surface area contributed by atoms with Crippen LogP contribution in [0.5, 0.6) is 0 Å². The Hall–Kier alpha value is -2.54. The second-order valence-corrected chi connectivity index (χ2v) is 9.34. The van der Waals surface area contributed by atoms with Crippen LogP contribution in [0.4, 0.5) is 5.82 Å². The SMILES string of the molecule is C[C@H]1CC[C@H](c2ccccc2)N1C(=O)C1(S)CCN(c2ccnc3ccnn23)CC1. The number of hydrogen-bond donors (Lipinski definition) is 1. The van der Waals surface area contributed by atoms with Crippen LogP contribution in [0, 0.1) is 0 Å². The van der Waals surface area contributed by atoms with Gasteiger partial charge in [0.05, 0.1) is 17.0 Å². The Kier molecular flexibility index (Phi) is 4.93. The van der Waals surface area contributed by atoms with E-state index < -0.39 is 4.75 Å². The summed E-state index contributed by atoms with van der Waals surface area (Å²) >= 11 is 4.98. The fourth-order valence-corrected chi connectivity index (χ4v) is 5.26. The van der Waals surface area contributed by atoms with Gasteiger partial charge < -0.3 is 9.80 Å². The molecule has 6 nitrogen and oxygen atoms in total. The van der Waals surface area contributed by atoms with E-state index in [4.69, 9.17) is 12.6 Å². The fourth-order valence-electron chi connectivity index (χ4n) is 4.95. The predicted octanol–water partition coefficient (Wildman–Crippen LogP) is 3.75. The zero-order valence-corrected chi connectivity index (χ0v) is 18.1. The van der Waals surface area contributed by atoms with E-state index in [1.807, 2.05) is 28.9 Å². The maximum absolute atomic E-state index is 13.7. The lowest BCUT2D eigenvalue weighted by molar-refractivity contribution is -0.137. The topological polar surface area (TPSA) is 53.7 Å². The normalized spacial score (nSPS) is 23.8. The first-order chi connectivity index (χ1) is 14.6. The van der Waals surface area contributed by atoms with Crippen LogP contribution in [0.2, 0.25) is 0 Å². The minimum Gasteiger partial charge on any atom is -0.356 e. The lowest BCUT2D eigenvalue weighted by Gasteiger charge is -2.42. The predicted molar refractivity (Wildman–Crippen MR) is 121 cm³/mol. The van der Waals surface area contributed by atoms with Crippen LogP contribution in [0.3, 0.4) is 0 Å². The molecule has 4 heterocycles. The van der Waals surface area contributed by atoms with Gasteiger partial charge in [0.15, 0.2) is 5.65 Å². The Balaban J connectivity index is 1.35. The number of hydrogen-bond acceptors (Lipinski definition) is 5. The molecule has 7 heteroatoms. The largest absolute Gasteiger partial charge is 0.356 e. The summed E-state index contributed by atoms with van der Waals surface area (Å²) in [5, 5.41) is 4.40. The maximum Gasteiger partial charge on any atom is 0.239 e. The number of anilines is 1. The van der Waals surface area contributed by atoms with Crippen molar-refractivity contribution in [1.82, 2.24) is 19.5 Å². The molecular weight excluding hydrogens is 394 g/mol. The number of thiol groups is 1. The Morgan fingerprint density at radius 1 is 1.07 bits per heavy atom. The summed E-state index contributed by atoms with van der Waals surface area (Å²) in [5.74, 6) is 1.20. The van der Waals surface area contributed by atoms with E-state index in [0.29, 0.717) is 12.8 Å². The molecule has 1 amide bonds. The second-order valence-electron chi connectivity index (χ2n) is 8.49. The molecule has 2 saturated heterocycles. The zero-order chi connectivity index (χ0) is 20.7. The smallest absolute Gasteiger partial charge is 0.239 e. The van der Waals surface area contributed by atoms with Gasteiger partial charge in [0.1, 0.15) is 5.82 Å². The van der Waals surface area contributed by atoms with Gasteiger partial charge in [0, 0.05) is 31.4 Å². The summed E-state index contributed by atoms with van der Waals surface area (Å²) in [6.45, 7) is 3.71. The number of piperidine rings is 1. The lowest BCUT2D eigenvalue weighted by atomic mass is 9.92. The number of carbonyl (C=O) groups excluding carboxylic acids is 1. The van der Waals surface area contributed by atoms with Crippen LogP contribution in [-0.4, -0.2) is 49.3 Å². The molecule has 2 aromatic heterocycles. The van der Waals surface area contributed by atoms with Crippen molar-refractivity contribution < 1.29 is 4.79 Å². The highest BCUT2D eigenvalue weighted by Crippen LogP contribution is 2.41. The van der Waals surface area contributed by atoms with Gasteiger partial charge in [-0.1, -0.05) is 30.3 Å². The van der Waals surface area contributed by atoms with Gasteiger partial charge in [-0.05, 0) is 44.2 Å². The molecule has 30 heavy (non-hydrogen) atoms. The Morgan fingerprint density at radius 3 is 2.60 bits per heavy atom. The minimum absolute atomic E-state index is 0.152. The molecule has 0 spiro atoms. The number of likely N-dealkylation sites (tertiary alicyclic amines) is 1. The van der Waals surface area contributed by atoms with Crippen molar-refractivity contribution >= 4 is 30.0 Å². The van der Waals surface area contributed by atoms with E-state index >= 15 is 0 Å². The quantitative estimate of drug-likeness (QED) is 0.655. The maximum atomic E-state index is 13.7. The average molecular weight is 422 g/mol. The monoisotopic (exact) mass is 421 g/mol.